The zero-order chi connectivity index (χ0) is 12.8. The van der Waals surface area contributed by atoms with Crippen molar-refractivity contribution in [2.75, 3.05) is 27.3 Å². The Morgan fingerprint density at radius 1 is 1.41 bits per heavy atom. The first kappa shape index (κ1) is 14.0. The third kappa shape index (κ3) is 4.38. The normalized spacial score (nSPS) is 13.1. The minimum absolute atomic E-state index is 0.218. The molecule has 3 nitrogen and oxygen atoms in total. The zero-order valence-corrected chi connectivity index (χ0v) is 9.99. The highest BCUT2D eigenvalue weighted by atomic mass is 19.2. The molecule has 0 spiro atoms. The van der Waals surface area contributed by atoms with Crippen LogP contribution < -0.4 is 0 Å². The van der Waals surface area contributed by atoms with Gasteiger partial charge in [-0.15, -0.1) is 0 Å². The first-order valence-corrected chi connectivity index (χ1v) is 5.33. The van der Waals surface area contributed by atoms with Gasteiger partial charge < -0.3 is 9.84 Å². The van der Waals surface area contributed by atoms with Gasteiger partial charge in [0.1, 0.15) is 0 Å². The number of nitrogens with zero attached hydrogens (tertiary/aromatic N) is 1. The molecule has 96 valence electrons. The van der Waals surface area contributed by atoms with Gasteiger partial charge in [0.25, 0.3) is 0 Å². The first-order valence-electron chi connectivity index (χ1n) is 5.33. The van der Waals surface area contributed by atoms with Crippen LogP contribution in [0.2, 0.25) is 0 Å². The van der Waals surface area contributed by atoms with Crippen LogP contribution in [0.1, 0.15) is 5.56 Å². The molecule has 0 aliphatic rings. The van der Waals surface area contributed by atoms with Gasteiger partial charge in [0.15, 0.2) is 11.6 Å². The van der Waals surface area contributed by atoms with Crippen molar-refractivity contribution in [1.29, 1.82) is 0 Å². The van der Waals surface area contributed by atoms with Crippen molar-refractivity contribution in [2.24, 2.45) is 0 Å². The molecule has 0 aliphatic heterocycles. The smallest absolute Gasteiger partial charge is 0.163 e. The highest BCUT2D eigenvalue weighted by Gasteiger charge is 2.12. The average Bonchev–Trinajstić information content (AvgIpc) is 2.25. The molecule has 1 aromatic carbocycles. The zero-order valence-electron chi connectivity index (χ0n) is 9.99. The number of hydrogen-bond donors (Lipinski definition) is 1. The summed E-state index contributed by atoms with van der Waals surface area (Å²) >= 11 is 0. The van der Waals surface area contributed by atoms with E-state index in [0.29, 0.717) is 6.54 Å². The van der Waals surface area contributed by atoms with Gasteiger partial charge in [-0.3, -0.25) is 4.90 Å². The largest absolute Gasteiger partial charge is 0.389 e. The van der Waals surface area contributed by atoms with Crippen molar-refractivity contribution >= 4 is 0 Å². The fraction of sp³-hybridized carbons (Fsp3) is 0.500. The SMILES string of the molecule is COCC(O)CN(C)Cc1cccc(F)c1F. The standard InChI is InChI=1S/C12H17F2NO2/c1-15(7-10(16)8-17-2)6-9-4-3-5-11(13)12(9)14/h3-5,10,16H,6-8H2,1-2H3. The van der Waals surface area contributed by atoms with E-state index in [2.05, 4.69) is 0 Å². The number of aliphatic hydroxyl groups excluding tert-OH is 1. The number of halogens is 2. The van der Waals surface area contributed by atoms with E-state index in [-0.39, 0.29) is 18.7 Å². The van der Waals surface area contributed by atoms with Crippen LogP contribution in [0.15, 0.2) is 18.2 Å². The maximum atomic E-state index is 13.4. The molecule has 0 aromatic heterocycles. The Morgan fingerprint density at radius 3 is 2.76 bits per heavy atom. The molecule has 0 saturated heterocycles. The molecule has 17 heavy (non-hydrogen) atoms. The van der Waals surface area contributed by atoms with Gasteiger partial charge in [0, 0.05) is 25.8 Å². The maximum absolute atomic E-state index is 13.4. The predicted octanol–water partition coefficient (Wildman–Crippen LogP) is 1.40. The van der Waals surface area contributed by atoms with Crippen LogP contribution in [-0.2, 0) is 11.3 Å². The van der Waals surface area contributed by atoms with E-state index in [0.717, 1.165) is 6.07 Å². The van der Waals surface area contributed by atoms with Gasteiger partial charge in [-0.2, -0.15) is 0 Å². The molecule has 0 aliphatic carbocycles. The summed E-state index contributed by atoms with van der Waals surface area (Å²) in [4.78, 5) is 1.71. The molecular formula is C12H17F2NO2. The number of aliphatic hydroxyl groups is 1. The molecule has 1 atom stereocenters. The van der Waals surface area contributed by atoms with Crippen molar-refractivity contribution < 1.29 is 18.6 Å². The average molecular weight is 245 g/mol. The number of methoxy groups -OCH3 is 1. The lowest BCUT2D eigenvalue weighted by atomic mass is 10.2. The molecule has 5 heteroatoms. The summed E-state index contributed by atoms with van der Waals surface area (Å²) in [6.45, 7) is 0.796. The molecular weight excluding hydrogens is 228 g/mol. The fourth-order valence-corrected chi connectivity index (χ4v) is 1.63. The van der Waals surface area contributed by atoms with Crippen LogP contribution in [0.25, 0.3) is 0 Å². The van der Waals surface area contributed by atoms with Gasteiger partial charge in [-0.1, -0.05) is 12.1 Å². The van der Waals surface area contributed by atoms with E-state index in [1.54, 1.807) is 11.9 Å². The van der Waals surface area contributed by atoms with Crippen molar-refractivity contribution in [3.63, 3.8) is 0 Å². The lowest BCUT2D eigenvalue weighted by molar-refractivity contribution is 0.0416. The van der Waals surface area contributed by atoms with Gasteiger partial charge in [0.05, 0.1) is 12.7 Å². The topological polar surface area (TPSA) is 32.7 Å². The summed E-state index contributed by atoms with van der Waals surface area (Å²) < 4.78 is 31.1. The maximum Gasteiger partial charge on any atom is 0.163 e. The van der Waals surface area contributed by atoms with E-state index in [9.17, 15) is 13.9 Å². The molecule has 1 unspecified atom stereocenters. The summed E-state index contributed by atoms with van der Waals surface area (Å²) in [6.07, 6.45) is -0.637. The Morgan fingerprint density at radius 2 is 2.12 bits per heavy atom. The molecule has 0 amide bonds. The first-order chi connectivity index (χ1) is 8.04. The Balaban J connectivity index is 2.56. The Kier molecular flexibility index (Phi) is 5.47. The molecule has 0 fully saturated rings. The van der Waals surface area contributed by atoms with E-state index < -0.39 is 17.7 Å². The van der Waals surface area contributed by atoms with Gasteiger partial charge in [-0.25, -0.2) is 8.78 Å². The summed E-state index contributed by atoms with van der Waals surface area (Å²) in [6, 6.07) is 4.07. The minimum Gasteiger partial charge on any atom is -0.389 e. The number of hydrogen-bond acceptors (Lipinski definition) is 3. The summed E-state index contributed by atoms with van der Waals surface area (Å²) in [5.41, 5.74) is 0.275. The fourth-order valence-electron chi connectivity index (χ4n) is 1.63. The Hall–Kier alpha value is -1.04. The number of rotatable bonds is 6. The minimum atomic E-state index is -0.853. The van der Waals surface area contributed by atoms with Crippen LogP contribution in [-0.4, -0.2) is 43.4 Å². The highest BCUT2D eigenvalue weighted by Crippen LogP contribution is 2.13. The second-order valence-corrected chi connectivity index (χ2v) is 4.02. The third-order valence-electron chi connectivity index (χ3n) is 2.35. The molecule has 1 aromatic rings. The highest BCUT2D eigenvalue weighted by molar-refractivity contribution is 5.18. The lowest BCUT2D eigenvalue weighted by Crippen LogP contribution is -2.31. The second-order valence-electron chi connectivity index (χ2n) is 4.02. The van der Waals surface area contributed by atoms with Crippen LogP contribution >= 0.6 is 0 Å². The number of ether oxygens (including phenoxy) is 1. The van der Waals surface area contributed by atoms with Crippen molar-refractivity contribution in [3.05, 3.63) is 35.4 Å². The molecule has 1 rings (SSSR count). The van der Waals surface area contributed by atoms with E-state index >= 15 is 0 Å². The predicted molar refractivity (Wildman–Crippen MR) is 60.6 cm³/mol. The van der Waals surface area contributed by atoms with Crippen LogP contribution in [0, 0.1) is 11.6 Å². The van der Waals surface area contributed by atoms with Gasteiger partial charge in [-0.05, 0) is 13.1 Å². The number of likely N-dealkylation sites (N-methyl/N-ethyl adjacent to an activating group) is 1. The summed E-state index contributed by atoms with van der Waals surface area (Å²) in [5, 5.41) is 9.49. The third-order valence-corrected chi connectivity index (χ3v) is 2.35. The lowest BCUT2D eigenvalue weighted by Gasteiger charge is -2.20. The summed E-state index contributed by atoms with van der Waals surface area (Å²) in [5.74, 6) is -1.69. The van der Waals surface area contributed by atoms with Crippen LogP contribution in [0.5, 0.6) is 0 Å². The van der Waals surface area contributed by atoms with E-state index in [4.69, 9.17) is 4.74 Å². The molecule has 0 saturated carbocycles. The molecule has 0 radical (unpaired) electrons. The van der Waals surface area contributed by atoms with E-state index in [1.165, 1.54) is 19.2 Å². The quantitative estimate of drug-likeness (QED) is 0.822. The van der Waals surface area contributed by atoms with Crippen molar-refractivity contribution in [3.8, 4) is 0 Å². The molecule has 0 bridgehead atoms. The van der Waals surface area contributed by atoms with Crippen LogP contribution in [0.3, 0.4) is 0 Å². The monoisotopic (exact) mass is 245 g/mol. The van der Waals surface area contributed by atoms with E-state index in [1.807, 2.05) is 0 Å². The van der Waals surface area contributed by atoms with Crippen molar-refractivity contribution in [1.82, 2.24) is 4.90 Å². The second kappa shape index (κ2) is 6.64. The number of benzene rings is 1. The molecule has 1 N–H and O–H groups in total. The Labute approximate surface area is 99.6 Å². The molecule has 0 heterocycles. The van der Waals surface area contributed by atoms with Crippen LogP contribution in [0.4, 0.5) is 8.78 Å². The Bertz CT molecular complexity index is 360. The van der Waals surface area contributed by atoms with Gasteiger partial charge >= 0.3 is 0 Å². The van der Waals surface area contributed by atoms with Crippen molar-refractivity contribution in [2.45, 2.75) is 12.6 Å². The summed E-state index contributed by atoms with van der Waals surface area (Å²) in [7, 11) is 3.22. The van der Waals surface area contributed by atoms with Gasteiger partial charge in [0.2, 0.25) is 0 Å².